The highest BCUT2D eigenvalue weighted by molar-refractivity contribution is 7.99. The summed E-state index contributed by atoms with van der Waals surface area (Å²) >= 11 is 1.33. The normalized spacial score (nSPS) is 21.5. The molecule has 0 unspecified atom stereocenters. The molecular formula is C14H16FNO4S. The van der Waals surface area contributed by atoms with Gasteiger partial charge in [-0.15, -0.1) is 11.8 Å². The molecule has 1 saturated heterocycles. The van der Waals surface area contributed by atoms with Gasteiger partial charge in [0.1, 0.15) is 11.9 Å². The van der Waals surface area contributed by atoms with E-state index in [0.29, 0.717) is 5.75 Å². The van der Waals surface area contributed by atoms with Crippen LogP contribution in [0.4, 0.5) is 4.39 Å². The van der Waals surface area contributed by atoms with E-state index in [1.165, 1.54) is 28.8 Å². The highest BCUT2D eigenvalue weighted by atomic mass is 32.2. The summed E-state index contributed by atoms with van der Waals surface area (Å²) in [5, 5.41) is 18.5. The van der Waals surface area contributed by atoms with E-state index in [2.05, 4.69) is 0 Å². The highest BCUT2D eigenvalue weighted by Crippen LogP contribution is 2.20. The summed E-state index contributed by atoms with van der Waals surface area (Å²) in [4.78, 5) is 24.3. The molecular weight excluding hydrogens is 297 g/mol. The lowest BCUT2D eigenvalue weighted by Crippen LogP contribution is -2.41. The van der Waals surface area contributed by atoms with E-state index in [-0.39, 0.29) is 30.4 Å². The number of carbonyl (C=O) groups is 2. The summed E-state index contributed by atoms with van der Waals surface area (Å²) in [6, 6.07) is 5.06. The molecule has 1 aliphatic heterocycles. The lowest BCUT2D eigenvalue weighted by molar-refractivity contribution is -0.147. The zero-order valence-corrected chi connectivity index (χ0v) is 12.1. The number of β-amino-alcohol motifs (C(OH)–C–C–N with tert-alkyl or cyclic N) is 1. The number of benzene rings is 1. The van der Waals surface area contributed by atoms with Crippen LogP contribution in [0.2, 0.25) is 0 Å². The van der Waals surface area contributed by atoms with Gasteiger partial charge in [0.15, 0.2) is 0 Å². The van der Waals surface area contributed by atoms with Crippen LogP contribution in [-0.2, 0) is 15.3 Å². The third-order valence-corrected chi connectivity index (χ3v) is 4.28. The van der Waals surface area contributed by atoms with Crippen LogP contribution in [0.25, 0.3) is 0 Å². The number of nitrogens with zero attached hydrogens (tertiary/aromatic N) is 1. The minimum absolute atomic E-state index is 0.0624. The van der Waals surface area contributed by atoms with Crippen LogP contribution in [0.3, 0.4) is 0 Å². The number of halogens is 1. The first-order valence-electron chi connectivity index (χ1n) is 6.50. The van der Waals surface area contributed by atoms with Crippen molar-refractivity contribution in [1.29, 1.82) is 0 Å². The Hall–Kier alpha value is -1.60. The van der Waals surface area contributed by atoms with Gasteiger partial charge in [-0.3, -0.25) is 4.79 Å². The zero-order valence-electron chi connectivity index (χ0n) is 11.2. The lowest BCUT2D eigenvalue weighted by Gasteiger charge is -2.20. The van der Waals surface area contributed by atoms with Crippen molar-refractivity contribution < 1.29 is 24.2 Å². The summed E-state index contributed by atoms with van der Waals surface area (Å²) in [6.45, 7) is 0.0624. The van der Waals surface area contributed by atoms with Crippen molar-refractivity contribution >= 4 is 23.6 Å². The number of amides is 1. The van der Waals surface area contributed by atoms with E-state index >= 15 is 0 Å². The predicted molar refractivity (Wildman–Crippen MR) is 76.3 cm³/mol. The number of aliphatic hydroxyl groups is 1. The minimum atomic E-state index is -1.09. The molecule has 0 saturated carbocycles. The van der Waals surface area contributed by atoms with Crippen LogP contribution >= 0.6 is 11.8 Å². The lowest BCUT2D eigenvalue weighted by atomic mass is 10.2. The molecule has 1 fully saturated rings. The molecule has 0 aromatic heterocycles. The average molecular weight is 313 g/mol. The maximum absolute atomic E-state index is 12.7. The van der Waals surface area contributed by atoms with E-state index in [4.69, 9.17) is 5.11 Å². The number of aliphatic carboxylic acids is 1. The maximum Gasteiger partial charge on any atom is 0.326 e. The Morgan fingerprint density at radius 3 is 2.62 bits per heavy atom. The van der Waals surface area contributed by atoms with Crippen LogP contribution in [0.1, 0.15) is 12.0 Å². The number of likely N-dealkylation sites (tertiary alicyclic amines) is 1. The summed E-state index contributed by atoms with van der Waals surface area (Å²) < 4.78 is 12.7. The molecule has 0 radical (unpaired) electrons. The smallest absolute Gasteiger partial charge is 0.326 e. The second-order valence-electron chi connectivity index (χ2n) is 4.91. The number of thioether (sulfide) groups is 1. The Balaban J connectivity index is 1.84. The van der Waals surface area contributed by atoms with Gasteiger partial charge in [0.25, 0.3) is 0 Å². The van der Waals surface area contributed by atoms with Crippen LogP contribution in [0.15, 0.2) is 24.3 Å². The summed E-state index contributed by atoms with van der Waals surface area (Å²) in [7, 11) is 0. The fourth-order valence-corrected chi connectivity index (χ4v) is 3.11. The number of aliphatic hydroxyl groups excluding tert-OH is 1. The van der Waals surface area contributed by atoms with E-state index in [1.54, 1.807) is 12.1 Å². The molecule has 5 nitrogen and oxygen atoms in total. The van der Waals surface area contributed by atoms with Crippen LogP contribution in [0.5, 0.6) is 0 Å². The second kappa shape index (κ2) is 6.91. The van der Waals surface area contributed by atoms with Crippen molar-refractivity contribution in [1.82, 2.24) is 4.90 Å². The van der Waals surface area contributed by atoms with Crippen molar-refractivity contribution in [2.75, 3.05) is 12.3 Å². The van der Waals surface area contributed by atoms with E-state index in [1.807, 2.05) is 0 Å². The van der Waals surface area contributed by atoms with Gasteiger partial charge in [0, 0.05) is 18.7 Å². The average Bonchev–Trinajstić information content (AvgIpc) is 2.83. The SMILES string of the molecule is O=C(O)[C@@H]1C[C@H](O)CN1C(=O)CSCc1ccc(F)cc1. The van der Waals surface area contributed by atoms with E-state index in [0.717, 1.165) is 5.56 Å². The number of carbonyl (C=O) groups excluding carboxylic acids is 1. The summed E-state index contributed by atoms with van der Waals surface area (Å²) in [5.41, 5.74) is 0.894. The summed E-state index contributed by atoms with van der Waals surface area (Å²) in [5.74, 6) is -1.03. The fourth-order valence-electron chi connectivity index (χ4n) is 2.24. The monoisotopic (exact) mass is 313 g/mol. The largest absolute Gasteiger partial charge is 0.480 e. The molecule has 1 amide bonds. The highest BCUT2D eigenvalue weighted by Gasteiger charge is 2.38. The molecule has 0 bridgehead atoms. The Kier molecular flexibility index (Phi) is 5.19. The topological polar surface area (TPSA) is 77.8 Å². The first-order valence-corrected chi connectivity index (χ1v) is 7.65. The van der Waals surface area contributed by atoms with Crippen molar-refractivity contribution in [3.8, 4) is 0 Å². The zero-order chi connectivity index (χ0) is 15.4. The van der Waals surface area contributed by atoms with E-state index in [9.17, 15) is 19.1 Å². The quantitative estimate of drug-likeness (QED) is 0.851. The maximum atomic E-state index is 12.7. The fraction of sp³-hybridized carbons (Fsp3) is 0.429. The third kappa shape index (κ3) is 4.18. The standard InChI is InChI=1S/C14H16FNO4S/c15-10-3-1-9(2-4-10)7-21-8-13(18)16-6-11(17)5-12(16)14(19)20/h1-4,11-12,17H,5-8H2,(H,19,20)/t11-,12-/m0/s1. The molecule has 2 atom stereocenters. The first-order chi connectivity index (χ1) is 9.97. The van der Waals surface area contributed by atoms with Crippen LogP contribution < -0.4 is 0 Å². The van der Waals surface area contributed by atoms with Gasteiger partial charge in [-0.05, 0) is 17.7 Å². The van der Waals surface area contributed by atoms with Crippen molar-refractivity contribution in [2.24, 2.45) is 0 Å². The molecule has 2 rings (SSSR count). The molecule has 114 valence electrons. The van der Waals surface area contributed by atoms with Gasteiger partial charge >= 0.3 is 5.97 Å². The van der Waals surface area contributed by atoms with Gasteiger partial charge in [-0.25, -0.2) is 9.18 Å². The molecule has 1 aromatic rings. The van der Waals surface area contributed by atoms with Gasteiger partial charge in [-0.2, -0.15) is 0 Å². The van der Waals surface area contributed by atoms with Gasteiger partial charge in [-0.1, -0.05) is 12.1 Å². The number of rotatable bonds is 5. The molecule has 1 heterocycles. The Morgan fingerprint density at radius 1 is 1.33 bits per heavy atom. The predicted octanol–water partition coefficient (Wildman–Crippen LogP) is 1.11. The van der Waals surface area contributed by atoms with E-state index < -0.39 is 18.1 Å². The van der Waals surface area contributed by atoms with Gasteiger partial charge in [0.2, 0.25) is 5.91 Å². The number of carboxylic acids is 1. The molecule has 2 N–H and O–H groups in total. The molecule has 21 heavy (non-hydrogen) atoms. The molecule has 7 heteroatoms. The Labute approximate surface area is 125 Å². The third-order valence-electron chi connectivity index (χ3n) is 3.29. The Morgan fingerprint density at radius 2 is 2.00 bits per heavy atom. The molecule has 0 aliphatic carbocycles. The summed E-state index contributed by atoms with van der Waals surface area (Å²) in [6.07, 6.45) is -0.707. The molecule has 1 aliphatic rings. The first kappa shape index (κ1) is 15.8. The number of carboxylic acid groups (broad SMARTS) is 1. The second-order valence-corrected chi connectivity index (χ2v) is 5.89. The van der Waals surface area contributed by atoms with Crippen molar-refractivity contribution in [3.05, 3.63) is 35.6 Å². The van der Waals surface area contributed by atoms with Crippen molar-refractivity contribution in [3.63, 3.8) is 0 Å². The van der Waals surface area contributed by atoms with Gasteiger partial charge < -0.3 is 15.1 Å². The minimum Gasteiger partial charge on any atom is -0.480 e. The number of hydrogen-bond donors (Lipinski definition) is 2. The Bertz CT molecular complexity index is 522. The van der Waals surface area contributed by atoms with Crippen LogP contribution in [0, 0.1) is 5.82 Å². The molecule has 1 aromatic carbocycles. The van der Waals surface area contributed by atoms with Crippen molar-refractivity contribution in [2.45, 2.75) is 24.3 Å². The molecule has 0 spiro atoms. The number of hydrogen-bond acceptors (Lipinski definition) is 4. The van der Waals surface area contributed by atoms with Gasteiger partial charge in [0.05, 0.1) is 11.9 Å². The van der Waals surface area contributed by atoms with Crippen LogP contribution in [-0.4, -0.2) is 51.4 Å².